The van der Waals surface area contributed by atoms with Crippen LogP contribution in [0.25, 0.3) is 0 Å². The van der Waals surface area contributed by atoms with E-state index < -0.39 is 10.0 Å². The number of nitrogens with zero attached hydrogens (tertiary/aromatic N) is 1. The Morgan fingerprint density at radius 2 is 1.47 bits per heavy atom. The molecule has 2 atom stereocenters. The van der Waals surface area contributed by atoms with Crippen molar-refractivity contribution < 1.29 is 13.2 Å². The molecule has 2 rings (SSSR count). The van der Waals surface area contributed by atoms with Gasteiger partial charge in [0.2, 0.25) is 10.0 Å². The predicted octanol–water partition coefficient (Wildman–Crippen LogP) is 4.83. The maximum atomic E-state index is 13.4. The molecule has 1 aromatic rings. The van der Waals surface area contributed by atoms with Gasteiger partial charge in [0.15, 0.2) is 0 Å². The molecule has 0 aromatic heterocycles. The Morgan fingerprint density at radius 1 is 0.967 bits per heavy atom. The molecule has 1 heterocycles. The Bertz CT molecular complexity index is 764. The van der Waals surface area contributed by atoms with Crippen molar-refractivity contribution in [2.45, 2.75) is 96.7 Å². The smallest absolute Gasteiger partial charge is 0.241 e. The molecule has 0 aliphatic carbocycles. The number of rotatable bonds is 9. The third-order valence-electron chi connectivity index (χ3n) is 5.79. The fraction of sp³-hybridized carbons (Fsp3) is 0.750. The Kier molecular flexibility index (Phi) is 8.92. The van der Waals surface area contributed by atoms with Crippen LogP contribution in [0.4, 0.5) is 0 Å². The van der Waals surface area contributed by atoms with Gasteiger partial charge in [-0.3, -0.25) is 4.90 Å². The molecule has 1 aliphatic heterocycles. The second-order valence-corrected chi connectivity index (χ2v) is 11.5. The highest BCUT2D eigenvalue weighted by Crippen LogP contribution is 2.35. The maximum Gasteiger partial charge on any atom is 0.241 e. The summed E-state index contributed by atoms with van der Waals surface area (Å²) in [7, 11) is -3.57. The topological polar surface area (TPSA) is 58.6 Å². The number of morpholine rings is 1. The zero-order chi connectivity index (χ0) is 22.6. The molecule has 0 spiro atoms. The summed E-state index contributed by atoms with van der Waals surface area (Å²) in [6.07, 6.45) is 1.25. The van der Waals surface area contributed by atoms with Crippen molar-refractivity contribution in [2.75, 3.05) is 26.2 Å². The summed E-state index contributed by atoms with van der Waals surface area (Å²) in [6.45, 7) is 19.9. The molecule has 0 radical (unpaired) electrons. The van der Waals surface area contributed by atoms with E-state index in [0.717, 1.165) is 37.2 Å². The van der Waals surface area contributed by atoms with Gasteiger partial charge in [-0.25, -0.2) is 13.1 Å². The van der Waals surface area contributed by atoms with Crippen LogP contribution >= 0.6 is 0 Å². The van der Waals surface area contributed by atoms with Crippen molar-refractivity contribution in [1.29, 1.82) is 0 Å². The highest BCUT2D eigenvalue weighted by atomic mass is 32.2. The standard InChI is InChI=1S/C24H42N2O3S/c1-16(2)21-12-22(17(3)4)24(23(13-21)18(5)6)30(27,28)25-10-9-11-26-14-19(7)29-20(8)15-26/h12-13,16-20,25H,9-11,14-15H2,1-8H3. The fourth-order valence-electron chi connectivity index (χ4n) is 4.25. The highest BCUT2D eigenvalue weighted by molar-refractivity contribution is 7.89. The second kappa shape index (κ2) is 10.6. The summed E-state index contributed by atoms with van der Waals surface area (Å²) >= 11 is 0. The number of sulfonamides is 1. The van der Waals surface area contributed by atoms with Gasteiger partial charge in [-0.15, -0.1) is 0 Å². The Morgan fingerprint density at radius 3 is 1.90 bits per heavy atom. The molecular formula is C24H42N2O3S. The number of nitrogens with one attached hydrogen (secondary N) is 1. The lowest BCUT2D eigenvalue weighted by Crippen LogP contribution is -2.46. The Labute approximate surface area is 184 Å². The van der Waals surface area contributed by atoms with Gasteiger partial charge in [0.25, 0.3) is 0 Å². The first kappa shape index (κ1) is 25.3. The van der Waals surface area contributed by atoms with Gasteiger partial charge in [-0.1, -0.05) is 53.7 Å². The summed E-state index contributed by atoms with van der Waals surface area (Å²) in [5.41, 5.74) is 3.05. The number of benzene rings is 1. The predicted molar refractivity (Wildman–Crippen MR) is 125 cm³/mol. The molecule has 1 aliphatic rings. The van der Waals surface area contributed by atoms with Crippen molar-refractivity contribution in [2.24, 2.45) is 0 Å². The van der Waals surface area contributed by atoms with Gasteiger partial charge >= 0.3 is 0 Å². The van der Waals surface area contributed by atoms with Crippen molar-refractivity contribution >= 4 is 10.0 Å². The van der Waals surface area contributed by atoms with Gasteiger partial charge in [0, 0.05) is 19.6 Å². The first-order valence-electron chi connectivity index (χ1n) is 11.5. The Hall–Kier alpha value is -0.950. The van der Waals surface area contributed by atoms with E-state index in [4.69, 9.17) is 4.74 Å². The molecule has 0 bridgehead atoms. The van der Waals surface area contributed by atoms with E-state index in [1.54, 1.807) is 0 Å². The summed E-state index contributed by atoms with van der Waals surface area (Å²) in [6, 6.07) is 4.18. The Balaban J connectivity index is 2.18. The second-order valence-electron chi connectivity index (χ2n) is 9.76. The van der Waals surface area contributed by atoms with Crippen LogP contribution in [0.1, 0.15) is 96.3 Å². The van der Waals surface area contributed by atoms with Crippen LogP contribution in [0.5, 0.6) is 0 Å². The van der Waals surface area contributed by atoms with Crippen molar-refractivity contribution in [1.82, 2.24) is 9.62 Å². The van der Waals surface area contributed by atoms with E-state index in [1.807, 2.05) is 0 Å². The molecule has 1 aromatic carbocycles. The minimum Gasteiger partial charge on any atom is -0.373 e. The van der Waals surface area contributed by atoms with Crippen LogP contribution < -0.4 is 4.72 Å². The van der Waals surface area contributed by atoms with Crippen molar-refractivity contribution in [3.63, 3.8) is 0 Å². The molecular weight excluding hydrogens is 396 g/mol. The van der Waals surface area contributed by atoms with Gasteiger partial charge < -0.3 is 4.74 Å². The summed E-state index contributed by atoms with van der Waals surface area (Å²) in [5.74, 6) is 0.649. The minimum atomic E-state index is -3.57. The lowest BCUT2D eigenvalue weighted by Gasteiger charge is -2.35. The quantitative estimate of drug-likeness (QED) is 0.561. The average molecular weight is 439 g/mol. The molecule has 1 fully saturated rings. The van der Waals surface area contributed by atoms with Crippen LogP contribution in [0.15, 0.2) is 17.0 Å². The van der Waals surface area contributed by atoms with Crippen LogP contribution in [-0.2, 0) is 14.8 Å². The summed E-state index contributed by atoms with van der Waals surface area (Å²) in [5, 5.41) is 0. The first-order valence-corrected chi connectivity index (χ1v) is 13.0. The number of ether oxygens (including phenoxy) is 1. The van der Waals surface area contributed by atoms with Gasteiger partial charge in [0.05, 0.1) is 17.1 Å². The monoisotopic (exact) mass is 438 g/mol. The molecule has 30 heavy (non-hydrogen) atoms. The molecule has 5 nitrogen and oxygen atoms in total. The normalized spacial score (nSPS) is 21.2. The van der Waals surface area contributed by atoms with Crippen molar-refractivity contribution in [3.8, 4) is 0 Å². The molecule has 1 saturated heterocycles. The first-order chi connectivity index (χ1) is 13.9. The van der Waals surface area contributed by atoms with E-state index in [9.17, 15) is 8.42 Å². The van der Waals surface area contributed by atoms with E-state index in [2.05, 4.69) is 77.1 Å². The third kappa shape index (κ3) is 6.52. The number of hydrogen-bond acceptors (Lipinski definition) is 4. The van der Waals surface area contributed by atoms with E-state index >= 15 is 0 Å². The van der Waals surface area contributed by atoms with Gasteiger partial charge in [0.1, 0.15) is 0 Å². The van der Waals surface area contributed by atoms with Gasteiger partial charge in [-0.05, 0) is 61.3 Å². The van der Waals surface area contributed by atoms with Crippen LogP contribution in [0, 0.1) is 0 Å². The van der Waals surface area contributed by atoms with Crippen LogP contribution in [-0.4, -0.2) is 51.7 Å². The fourth-order valence-corrected chi connectivity index (χ4v) is 6.02. The average Bonchev–Trinajstić information content (AvgIpc) is 2.63. The maximum absolute atomic E-state index is 13.4. The van der Waals surface area contributed by atoms with E-state index in [-0.39, 0.29) is 24.0 Å². The minimum absolute atomic E-state index is 0.143. The van der Waals surface area contributed by atoms with Crippen molar-refractivity contribution in [3.05, 3.63) is 28.8 Å². The summed E-state index contributed by atoms with van der Waals surface area (Å²) in [4.78, 5) is 2.86. The zero-order valence-corrected chi connectivity index (χ0v) is 21.0. The van der Waals surface area contributed by atoms with Crippen LogP contribution in [0.2, 0.25) is 0 Å². The molecule has 1 N–H and O–H groups in total. The molecule has 6 heteroatoms. The third-order valence-corrected chi connectivity index (χ3v) is 7.38. The largest absolute Gasteiger partial charge is 0.373 e. The zero-order valence-electron chi connectivity index (χ0n) is 20.2. The molecule has 172 valence electrons. The molecule has 0 amide bonds. The lowest BCUT2D eigenvalue weighted by molar-refractivity contribution is -0.0679. The number of hydrogen-bond donors (Lipinski definition) is 1. The van der Waals surface area contributed by atoms with E-state index in [0.29, 0.717) is 17.4 Å². The molecule has 2 unspecified atom stereocenters. The lowest BCUT2D eigenvalue weighted by atomic mass is 9.89. The van der Waals surface area contributed by atoms with Gasteiger partial charge in [-0.2, -0.15) is 0 Å². The molecule has 0 saturated carbocycles. The highest BCUT2D eigenvalue weighted by Gasteiger charge is 2.27. The SMILES string of the molecule is CC1CN(CCCNS(=O)(=O)c2c(C(C)C)cc(C(C)C)cc2C(C)C)CC(C)O1. The van der Waals surface area contributed by atoms with Crippen LogP contribution in [0.3, 0.4) is 0 Å². The summed E-state index contributed by atoms with van der Waals surface area (Å²) < 4.78 is 35.4. The van der Waals surface area contributed by atoms with E-state index in [1.165, 1.54) is 5.56 Å².